The van der Waals surface area contributed by atoms with Crippen molar-refractivity contribution in [3.8, 4) is 17.2 Å². The molecule has 1 aliphatic rings. The number of methoxy groups -OCH3 is 2. The maximum atomic E-state index is 13.5. The van der Waals surface area contributed by atoms with Gasteiger partial charge in [0.1, 0.15) is 5.75 Å². The molecule has 0 aromatic heterocycles. The standard InChI is InChI=1S/C25H30N2O6/c1-6-33-19-12-9-17(15-20(19)32-5)22-21(23(28)16-7-10-18(31-4)11-8-16)24(29)25(30)27(22)14-13-26(2)3/h7-12,15,22,28H,6,13-14H2,1-5H3/b23-21+. The SMILES string of the molecule is CCOc1ccc(C2/C(=C(\[O-])c3ccc(OC)cc3)C(=O)C(=O)N2CC[NH+](C)C)cc1OC. The van der Waals surface area contributed by atoms with Crippen LogP contribution in [0.2, 0.25) is 0 Å². The number of benzene rings is 2. The predicted molar refractivity (Wildman–Crippen MR) is 121 cm³/mol. The molecule has 8 heteroatoms. The number of amides is 1. The molecule has 8 nitrogen and oxygen atoms in total. The Bertz CT molecular complexity index is 1050. The molecule has 0 bridgehead atoms. The van der Waals surface area contributed by atoms with Crippen LogP contribution >= 0.6 is 0 Å². The number of likely N-dealkylation sites (N-methyl/N-ethyl adjacent to an activating group) is 1. The van der Waals surface area contributed by atoms with Crippen LogP contribution in [0.1, 0.15) is 24.1 Å². The highest BCUT2D eigenvalue weighted by atomic mass is 16.5. The molecule has 0 aliphatic carbocycles. The molecule has 1 atom stereocenters. The molecule has 0 radical (unpaired) electrons. The summed E-state index contributed by atoms with van der Waals surface area (Å²) in [7, 11) is 6.98. The molecule has 1 N–H and O–H groups in total. The third-order valence-corrected chi connectivity index (χ3v) is 5.54. The first kappa shape index (κ1) is 24.1. The first-order valence-corrected chi connectivity index (χ1v) is 10.8. The van der Waals surface area contributed by atoms with Crippen molar-refractivity contribution in [1.82, 2.24) is 4.90 Å². The second-order valence-electron chi connectivity index (χ2n) is 8.00. The van der Waals surface area contributed by atoms with Crippen molar-refractivity contribution < 1.29 is 33.8 Å². The molecule has 0 saturated carbocycles. The Morgan fingerprint density at radius 2 is 1.73 bits per heavy atom. The quantitative estimate of drug-likeness (QED) is 0.337. The maximum absolute atomic E-state index is 13.5. The molecular weight excluding hydrogens is 424 g/mol. The van der Waals surface area contributed by atoms with E-state index in [1.165, 1.54) is 19.1 Å². The molecule has 1 saturated heterocycles. The third-order valence-electron chi connectivity index (χ3n) is 5.54. The van der Waals surface area contributed by atoms with Gasteiger partial charge in [0.15, 0.2) is 11.5 Å². The summed E-state index contributed by atoms with van der Waals surface area (Å²) in [5.41, 5.74) is 0.861. The molecule has 176 valence electrons. The number of Topliss-reactive ketones (excluding diaryl/α,β-unsaturated/α-hetero) is 1. The first-order chi connectivity index (χ1) is 15.8. The Morgan fingerprint density at radius 3 is 2.30 bits per heavy atom. The molecule has 1 amide bonds. The highest BCUT2D eigenvalue weighted by Gasteiger charge is 2.44. The molecule has 3 rings (SSSR count). The number of hydrogen-bond acceptors (Lipinski definition) is 6. The summed E-state index contributed by atoms with van der Waals surface area (Å²) < 4.78 is 16.2. The second-order valence-corrected chi connectivity index (χ2v) is 8.00. The van der Waals surface area contributed by atoms with Crippen LogP contribution in [-0.4, -0.2) is 64.6 Å². The summed E-state index contributed by atoms with van der Waals surface area (Å²) in [5.74, 6) is -0.321. The average molecular weight is 455 g/mol. The highest BCUT2D eigenvalue weighted by molar-refractivity contribution is 6.46. The van der Waals surface area contributed by atoms with Crippen LogP contribution in [0.3, 0.4) is 0 Å². The number of likely N-dealkylation sites (tertiary alicyclic amines) is 1. The van der Waals surface area contributed by atoms with E-state index in [-0.39, 0.29) is 5.57 Å². The van der Waals surface area contributed by atoms with Gasteiger partial charge in [-0.05, 0) is 42.3 Å². The van der Waals surface area contributed by atoms with Gasteiger partial charge in [0.05, 0.1) is 54.1 Å². The van der Waals surface area contributed by atoms with E-state index in [1.807, 2.05) is 21.0 Å². The lowest BCUT2D eigenvalue weighted by molar-refractivity contribution is -0.857. The number of ketones is 1. The van der Waals surface area contributed by atoms with Gasteiger partial charge in [-0.15, -0.1) is 0 Å². The molecule has 0 spiro atoms. The smallest absolute Gasteiger partial charge is 0.295 e. The van der Waals surface area contributed by atoms with Crippen LogP contribution in [0.25, 0.3) is 5.76 Å². The molecule has 1 heterocycles. The molecule has 1 fully saturated rings. The minimum atomic E-state index is -0.816. The van der Waals surface area contributed by atoms with Crippen LogP contribution in [0.5, 0.6) is 17.2 Å². The fourth-order valence-corrected chi connectivity index (χ4v) is 3.82. The first-order valence-electron chi connectivity index (χ1n) is 10.8. The van der Waals surface area contributed by atoms with Gasteiger partial charge >= 0.3 is 0 Å². The lowest BCUT2D eigenvalue weighted by Crippen LogP contribution is -3.06. The van der Waals surface area contributed by atoms with E-state index in [0.29, 0.717) is 48.1 Å². The number of quaternary nitrogens is 1. The monoisotopic (exact) mass is 454 g/mol. The van der Waals surface area contributed by atoms with Crippen molar-refractivity contribution in [3.05, 3.63) is 59.2 Å². The van der Waals surface area contributed by atoms with Crippen LogP contribution < -0.4 is 24.2 Å². The topological polar surface area (TPSA) is 92.6 Å². The maximum Gasteiger partial charge on any atom is 0.295 e. The van der Waals surface area contributed by atoms with Crippen LogP contribution in [0, 0.1) is 0 Å². The minimum Gasteiger partial charge on any atom is -0.872 e. The number of ether oxygens (including phenoxy) is 3. The Hall–Kier alpha value is -3.52. The number of carbonyl (C=O) groups excluding carboxylic acids is 2. The van der Waals surface area contributed by atoms with Crippen molar-refractivity contribution in [2.45, 2.75) is 13.0 Å². The molecule has 1 aliphatic heterocycles. The van der Waals surface area contributed by atoms with Gasteiger partial charge in [-0.1, -0.05) is 24.0 Å². The molecule has 33 heavy (non-hydrogen) atoms. The number of nitrogens with one attached hydrogen (secondary N) is 1. The van der Waals surface area contributed by atoms with E-state index in [1.54, 1.807) is 42.5 Å². The van der Waals surface area contributed by atoms with Gasteiger partial charge in [-0.2, -0.15) is 0 Å². The lowest BCUT2D eigenvalue weighted by Gasteiger charge is -2.28. The van der Waals surface area contributed by atoms with Gasteiger partial charge in [-0.3, -0.25) is 9.59 Å². The molecule has 1 unspecified atom stereocenters. The fraction of sp³-hybridized carbons (Fsp3) is 0.360. The molecule has 2 aromatic rings. The van der Waals surface area contributed by atoms with Crippen molar-refractivity contribution in [2.24, 2.45) is 0 Å². The van der Waals surface area contributed by atoms with E-state index in [2.05, 4.69) is 0 Å². The Morgan fingerprint density at radius 1 is 1.03 bits per heavy atom. The van der Waals surface area contributed by atoms with E-state index in [0.717, 1.165) is 4.90 Å². The summed E-state index contributed by atoms with van der Waals surface area (Å²) >= 11 is 0. The normalized spacial score (nSPS) is 17.5. The van der Waals surface area contributed by atoms with Gasteiger partial charge in [-0.25, -0.2) is 0 Å². The zero-order valence-electron chi connectivity index (χ0n) is 19.6. The van der Waals surface area contributed by atoms with Crippen molar-refractivity contribution >= 4 is 17.4 Å². The second kappa shape index (κ2) is 10.4. The van der Waals surface area contributed by atoms with Crippen LogP contribution in [-0.2, 0) is 9.59 Å². The highest BCUT2D eigenvalue weighted by Crippen LogP contribution is 2.41. The van der Waals surface area contributed by atoms with E-state index < -0.39 is 23.5 Å². The van der Waals surface area contributed by atoms with E-state index >= 15 is 0 Å². The lowest BCUT2D eigenvalue weighted by atomic mass is 9.95. The molecule has 2 aromatic carbocycles. The zero-order valence-corrected chi connectivity index (χ0v) is 19.6. The summed E-state index contributed by atoms with van der Waals surface area (Å²) in [4.78, 5) is 28.7. The minimum absolute atomic E-state index is 0.0647. The van der Waals surface area contributed by atoms with Crippen LogP contribution in [0.4, 0.5) is 0 Å². The Labute approximate surface area is 194 Å². The number of nitrogens with zero attached hydrogens (tertiary/aromatic N) is 1. The van der Waals surface area contributed by atoms with Gasteiger partial charge < -0.3 is 29.1 Å². The number of rotatable bonds is 9. The largest absolute Gasteiger partial charge is 0.872 e. The van der Waals surface area contributed by atoms with E-state index in [4.69, 9.17) is 14.2 Å². The van der Waals surface area contributed by atoms with Crippen LogP contribution in [0.15, 0.2) is 48.0 Å². The van der Waals surface area contributed by atoms with Crippen molar-refractivity contribution in [2.75, 3.05) is 48.0 Å². The number of carbonyl (C=O) groups is 2. The molecular formula is C25H30N2O6. The summed E-state index contributed by atoms with van der Waals surface area (Å²) in [6, 6.07) is 10.9. The summed E-state index contributed by atoms with van der Waals surface area (Å²) in [6.07, 6.45) is 0. The van der Waals surface area contributed by atoms with E-state index in [9.17, 15) is 14.7 Å². The van der Waals surface area contributed by atoms with Gasteiger partial charge in [0.25, 0.3) is 5.91 Å². The summed E-state index contributed by atoms with van der Waals surface area (Å²) in [6.45, 7) is 3.27. The average Bonchev–Trinajstić information content (AvgIpc) is 3.07. The van der Waals surface area contributed by atoms with Crippen molar-refractivity contribution in [1.29, 1.82) is 0 Å². The van der Waals surface area contributed by atoms with Gasteiger partial charge in [0.2, 0.25) is 5.78 Å². The number of hydrogen-bond donors (Lipinski definition) is 1. The Kier molecular flexibility index (Phi) is 7.60. The fourth-order valence-electron chi connectivity index (χ4n) is 3.82. The Balaban J connectivity index is 2.15. The summed E-state index contributed by atoms with van der Waals surface area (Å²) in [5, 5.41) is 13.5. The van der Waals surface area contributed by atoms with Crippen molar-refractivity contribution in [3.63, 3.8) is 0 Å². The van der Waals surface area contributed by atoms with Gasteiger partial charge in [0, 0.05) is 5.57 Å². The third kappa shape index (κ3) is 4.96. The predicted octanol–water partition coefficient (Wildman–Crippen LogP) is 0.471. The zero-order chi connectivity index (χ0) is 24.1.